The predicted octanol–water partition coefficient (Wildman–Crippen LogP) is 3.87. The van der Waals surface area contributed by atoms with E-state index in [1.807, 2.05) is 6.92 Å². The van der Waals surface area contributed by atoms with Crippen LogP contribution >= 0.6 is 11.8 Å². The van der Waals surface area contributed by atoms with Gasteiger partial charge in [-0.15, -0.1) is 11.8 Å². The number of nitrogens with zero attached hydrogens (tertiary/aromatic N) is 3. The standard InChI is InChI=1S/C20H22F5N5OS/c1-2-14-11(13-9-27-16-6-10(20(23,24)25)8-28-30(13)16)7-15(32-14)18(31)29-17-12(26)4-3-5-19(17,21)22/h6-9,11-12,14,17H,2-5,26H2,1H3,(H,29,31)/t11?,12?,14?,17-/m1/s1. The Kier molecular flexibility index (Phi) is 5.95. The zero-order valence-corrected chi connectivity index (χ0v) is 17.9. The normalized spacial score (nSPS) is 28.0. The van der Waals surface area contributed by atoms with Crippen molar-refractivity contribution < 1.29 is 26.7 Å². The number of rotatable bonds is 4. The lowest BCUT2D eigenvalue weighted by Crippen LogP contribution is -2.59. The number of carbonyl (C=O) groups is 1. The molecule has 0 spiro atoms. The molecule has 1 saturated carbocycles. The van der Waals surface area contributed by atoms with Crippen LogP contribution in [0.15, 0.2) is 29.4 Å². The molecule has 12 heteroatoms. The number of alkyl halides is 5. The van der Waals surface area contributed by atoms with Crippen LogP contribution in [0.2, 0.25) is 0 Å². The Morgan fingerprint density at radius 2 is 2.12 bits per heavy atom. The minimum Gasteiger partial charge on any atom is -0.341 e. The molecule has 1 fully saturated rings. The monoisotopic (exact) mass is 475 g/mol. The van der Waals surface area contributed by atoms with Gasteiger partial charge in [-0.2, -0.15) is 18.3 Å². The fraction of sp³-hybridized carbons (Fsp3) is 0.550. The largest absolute Gasteiger partial charge is 0.418 e. The lowest BCUT2D eigenvalue weighted by molar-refractivity contribution is -0.137. The lowest BCUT2D eigenvalue weighted by atomic mass is 9.87. The highest BCUT2D eigenvalue weighted by Gasteiger charge is 2.47. The predicted molar refractivity (Wildman–Crippen MR) is 109 cm³/mol. The van der Waals surface area contributed by atoms with E-state index in [0.717, 1.165) is 12.3 Å². The van der Waals surface area contributed by atoms with Crippen molar-refractivity contribution in [2.24, 2.45) is 5.73 Å². The van der Waals surface area contributed by atoms with E-state index in [0.29, 0.717) is 25.0 Å². The highest BCUT2D eigenvalue weighted by Crippen LogP contribution is 2.44. The zero-order chi connectivity index (χ0) is 23.3. The number of nitrogens with two attached hydrogens (primary N) is 1. The number of hydrogen-bond donors (Lipinski definition) is 2. The van der Waals surface area contributed by atoms with Crippen LogP contribution in [0.1, 0.15) is 49.8 Å². The quantitative estimate of drug-likeness (QED) is 0.656. The van der Waals surface area contributed by atoms with Gasteiger partial charge in [-0.25, -0.2) is 18.3 Å². The first-order valence-electron chi connectivity index (χ1n) is 10.2. The van der Waals surface area contributed by atoms with Crippen LogP contribution in [-0.2, 0) is 11.0 Å². The maximum atomic E-state index is 14.3. The van der Waals surface area contributed by atoms with E-state index in [4.69, 9.17) is 5.73 Å². The van der Waals surface area contributed by atoms with Crippen molar-refractivity contribution >= 4 is 23.3 Å². The molecule has 3 unspecified atom stereocenters. The number of allylic oxidation sites excluding steroid dienone is 1. The number of halogens is 5. The average molecular weight is 475 g/mol. The molecule has 174 valence electrons. The second kappa shape index (κ2) is 8.29. The van der Waals surface area contributed by atoms with Crippen molar-refractivity contribution in [1.82, 2.24) is 19.9 Å². The molecule has 2 aromatic rings. The summed E-state index contributed by atoms with van der Waals surface area (Å²) in [5, 5.41) is 6.17. The molecule has 0 bridgehead atoms. The smallest absolute Gasteiger partial charge is 0.341 e. The summed E-state index contributed by atoms with van der Waals surface area (Å²) in [6.45, 7) is 1.91. The highest BCUT2D eigenvalue weighted by atomic mass is 32.2. The van der Waals surface area contributed by atoms with Crippen molar-refractivity contribution in [3.8, 4) is 0 Å². The Balaban J connectivity index is 1.60. The molecule has 1 aliphatic carbocycles. The van der Waals surface area contributed by atoms with Crippen LogP contribution in [0, 0.1) is 0 Å². The van der Waals surface area contributed by atoms with Crippen LogP contribution in [0.25, 0.3) is 5.65 Å². The van der Waals surface area contributed by atoms with Gasteiger partial charge in [0.25, 0.3) is 11.8 Å². The van der Waals surface area contributed by atoms with Crippen LogP contribution in [-0.4, -0.2) is 43.8 Å². The molecule has 1 amide bonds. The van der Waals surface area contributed by atoms with Gasteiger partial charge >= 0.3 is 6.18 Å². The molecule has 6 nitrogen and oxygen atoms in total. The third-order valence-electron chi connectivity index (χ3n) is 5.91. The summed E-state index contributed by atoms with van der Waals surface area (Å²) in [6, 6.07) is -1.37. The molecule has 4 rings (SSSR count). The van der Waals surface area contributed by atoms with Gasteiger partial charge in [-0.05, 0) is 25.3 Å². The van der Waals surface area contributed by atoms with E-state index >= 15 is 0 Å². The Labute approximate surface area is 184 Å². The van der Waals surface area contributed by atoms with Gasteiger partial charge in [0.05, 0.1) is 28.6 Å². The van der Waals surface area contributed by atoms with Gasteiger partial charge in [0.2, 0.25) is 0 Å². The first kappa shape index (κ1) is 23.0. The zero-order valence-electron chi connectivity index (χ0n) is 17.1. The molecule has 3 N–H and O–H groups in total. The second-order valence-electron chi connectivity index (χ2n) is 8.08. The first-order chi connectivity index (χ1) is 15.0. The number of hydrogen-bond acceptors (Lipinski definition) is 5. The van der Waals surface area contributed by atoms with Crippen molar-refractivity contribution in [3.05, 3.63) is 40.7 Å². The van der Waals surface area contributed by atoms with Gasteiger partial charge in [0, 0.05) is 23.6 Å². The van der Waals surface area contributed by atoms with Crippen LogP contribution in [0.4, 0.5) is 22.0 Å². The number of aromatic nitrogens is 3. The Morgan fingerprint density at radius 3 is 2.78 bits per heavy atom. The van der Waals surface area contributed by atoms with Crippen molar-refractivity contribution in [1.29, 1.82) is 0 Å². The summed E-state index contributed by atoms with van der Waals surface area (Å²) in [4.78, 5) is 17.1. The molecule has 2 aromatic heterocycles. The maximum absolute atomic E-state index is 14.3. The topological polar surface area (TPSA) is 85.3 Å². The van der Waals surface area contributed by atoms with E-state index < -0.39 is 35.7 Å². The number of nitrogens with one attached hydrogen (secondary N) is 1. The fourth-order valence-corrected chi connectivity index (χ4v) is 5.45. The summed E-state index contributed by atoms with van der Waals surface area (Å²) in [7, 11) is 0. The number of amides is 1. The lowest BCUT2D eigenvalue weighted by Gasteiger charge is -2.36. The Bertz CT molecular complexity index is 1050. The fourth-order valence-electron chi connectivity index (χ4n) is 4.20. The van der Waals surface area contributed by atoms with Crippen molar-refractivity contribution in [2.45, 2.75) is 68.0 Å². The first-order valence-corrected chi connectivity index (χ1v) is 11.1. The third-order valence-corrected chi connectivity index (χ3v) is 7.41. The van der Waals surface area contributed by atoms with E-state index in [1.165, 1.54) is 22.5 Å². The van der Waals surface area contributed by atoms with Crippen molar-refractivity contribution in [2.75, 3.05) is 0 Å². The molecule has 3 heterocycles. The summed E-state index contributed by atoms with van der Waals surface area (Å²) in [6.07, 6.45) is 0.271. The third kappa shape index (κ3) is 4.21. The summed E-state index contributed by atoms with van der Waals surface area (Å²) in [5.41, 5.74) is 5.50. The number of imidazole rings is 1. The van der Waals surface area contributed by atoms with E-state index in [2.05, 4.69) is 15.4 Å². The van der Waals surface area contributed by atoms with Crippen LogP contribution in [0.3, 0.4) is 0 Å². The second-order valence-corrected chi connectivity index (χ2v) is 9.37. The van der Waals surface area contributed by atoms with Gasteiger partial charge < -0.3 is 11.1 Å². The summed E-state index contributed by atoms with van der Waals surface area (Å²) in [5.74, 6) is -4.08. The molecule has 0 saturated heterocycles. The molecule has 32 heavy (non-hydrogen) atoms. The van der Waals surface area contributed by atoms with E-state index in [1.54, 1.807) is 6.08 Å². The summed E-state index contributed by atoms with van der Waals surface area (Å²) < 4.78 is 68.7. The van der Waals surface area contributed by atoms with E-state index in [-0.39, 0.29) is 28.1 Å². The van der Waals surface area contributed by atoms with Gasteiger partial charge in [0.15, 0.2) is 5.65 Å². The minimum absolute atomic E-state index is 0.0359. The molecule has 4 atom stereocenters. The minimum atomic E-state index is -4.54. The molecule has 0 aromatic carbocycles. The highest BCUT2D eigenvalue weighted by molar-refractivity contribution is 8.04. The number of thioether (sulfide) groups is 1. The maximum Gasteiger partial charge on any atom is 0.418 e. The SMILES string of the molecule is CCC1SC(C(=O)N[C@@H]2C(N)CCCC2(F)F)=CC1c1cnc2cc(C(F)(F)F)cnn12. The van der Waals surface area contributed by atoms with Gasteiger partial charge in [-0.3, -0.25) is 4.79 Å². The molecule has 2 aliphatic rings. The summed E-state index contributed by atoms with van der Waals surface area (Å²) >= 11 is 1.25. The number of fused-ring (bicyclic) bond motifs is 1. The Hall–Kier alpha value is -2.21. The van der Waals surface area contributed by atoms with E-state index in [9.17, 15) is 26.7 Å². The van der Waals surface area contributed by atoms with Crippen LogP contribution in [0.5, 0.6) is 0 Å². The molecular weight excluding hydrogens is 453 g/mol. The molecule has 1 aliphatic heterocycles. The Morgan fingerprint density at radius 1 is 1.38 bits per heavy atom. The average Bonchev–Trinajstić information content (AvgIpc) is 3.33. The number of carbonyl (C=O) groups excluding carboxylic acids is 1. The molecular formula is C20H22F5N5OS. The van der Waals surface area contributed by atoms with Crippen LogP contribution < -0.4 is 11.1 Å². The van der Waals surface area contributed by atoms with Crippen molar-refractivity contribution in [3.63, 3.8) is 0 Å². The van der Waals surface area contributed by atoms with Gasteiger partial charge in [-0.1, -0.05) is 13.0 Å². The van der Waals surface area contributed by atoms with Gasteiger partial charge in [0.1, 0.15) is 6.04 Å². The molecule has 0 radical (unpaired) electrons.